The van der Waals surface area contributed by atoms with E-state index >= 15 is 0 Å². The number of primary amides is 1. The number of Topliss-reactive ketones (excluding diaryl/α,β-unsaturated/α-hetero) is 1. The summed E-state index contributed by atoms with van der Waals surface area (Å²) in [6, 6.07) is 0. The normalized spacial score (nSPS) is 23.5. The number of alkyl halides is 1. The van der Waals surface area contributed by atoms with Gasteiger partial charge in [-0.25, -0.2) is 9.59 Å². The Balaban J connectivity index is 2.66. The van der Waals surface area contributed by atoms with Crippen LogP contribution in [-0.2, 0) is 23.9 Å². The van der Waals surface area contributed by atoms with Gasteiger partial charge in [-0.1, -0.05) is 84.0 Å². The van der Waals surface area contributed by atoms with E-state index in [1.807, 2.05) is 13.8 Å². The van der Waals surface area contributed by atoms with E-state index in [2.05, 4.69) is 15.9 Å². The van der Waals surface area contributed by atoms with Gasteiger partial charge in [0.05, 0.1) is 24.2 Å². The van der Waals surface area contributed by atoms with E-state index in [9.17, 15) is 39.6 Å². The molecule has 0 radical (unpaired) electrons. The number of carboxylic acids is 1. The van der Waals surface area contributed by atoms with Crippen molar-refractivity contribution in [1.82, 2.24) is 0 Å². The molecule has 0 aliphatic heterocycles. The zero-order chi connectivity index (χ0) is 35.7. The van der Waals surface area contributed by atoms with Gasteiger partial charge in [-0.3, -0.25) is 9.59 Å². The van der Waals surface area contributed by atoms with E-state index in [0.29, 0.717) is 17.3 Å². The van der Waals surface area contributed by atoms with Gasteiger partial charge in [0.25, 0.3) is 0 Å². The number of ketones is 1. The Labute approximate surface area is 288 Å². The van der Waals surface area contributed by atoms with E-state index in [1.165, 1.54) is 18.2 Å². The molecule has 0 saturated heterocycles. The number of nitrogens with two attached hydrogens (primary N) is 1. The molecule has 0 spiro atoms. The smallest absolute Gasteiger partial charge is 0.405 e. The Hall–Kier alpha value is -3.07. The fraction of sp³-hybridized carbons (Fsp3) is 0.515. The standard InChI is InChI=1S/C33H45BrClNO11/c1-4-5-13-26(47-33(36)45)29(35)24(38)18-25(39)31(42)30(41)20(3)22(34)12-8-6-10-19(2)11-7-9-14-28(40)46-27-17-21(32(43)44)15-16-23(27)37/h5-14,20-21,23-24,26-27,29-31,37-38,41-42H,4,15-18H2,1-3H3,(H2,36,45)(H,43,44)/b8-6+,11-7+,13-5+,14-9+,19-10+,22-12-. The molecule has 262 valence electrons. The van der Waals surface area contributed by atoms with Crippen molar-refractivity contribution in [2.45, 2.75) is 94.9 Å². The number of esters is 1. The monoisotopic (exact) mass is 745 g/mol. The van der Waals surface area contributed by atoms with Crippen LogP contribution in [0.1, 0.15) is 52.9 Å². The summed E-state index contributed by atoms with van der Waals surface area (Å²) in [5, 5.41) is 49.4. The molecule has 1 fully saturated rings. The number of carbonyl (C=O) groups is 4. The predicted octanol–water partition coefficient (Wildman–Crippen LogP) is 3.75. The summed E-state index contributed by atoms with van der Waals surface area (Å²) in [4.78, 5) is 47.0. The van der Waals surface area contributed by atoms with Gasteiger partial charge in [0, 0.05) is 29.3 Å². The third-order valence-corrected chi connectivity index (χ3v) is 8.83. The summed E-state index contributed by atoms with van der Waals surface area (Å²) in [5.74, 6) is -3.89. The minimum absolute atomic E-state index is 0.0644. The summed E-state index contributed by atoms with van der Waals surface area (Å²) in [5.41, 5.74) is 5.87. The van der Waals surface area contributed by atoms with E-state index in [1.54, 1.807) is 49.5 Å². The maximum Gasteiger partial charge on any atom is 0.405 e. The molecule has 9 unspecified atom stereocenters. The van der Waals surface area contributed by atoms with Crippen LogP contribution in [0, 0.1) is 11.8 Å². The molecule has 1 amide bonds. The number of ether oxygens (including phenoxy) is 2. The van der Waals surface area contributed by atoms with Gasteiger partial charge in [-0.2, -0.15) is 0 Å². The molecule has 0 aromatic carbocycles. The lowest BCUT2D eigenvalue weighted by molar-refractivity contribution is -0.159. The summed E-state index contributed by atoms with van der Waals surface area (Å²) >= 11 is 9.54. The molecule has 12 nitrogen and oxygen atoms in total. The highest BCUT2D eigenvalue weighted by atomic mass is 79.9. The van der Waals surface area contributed by atoms with Gasteiger partial charge in [0.15, 0.2) is 5.78 Å². The first-order valence-electron chi connectivity index (χ1n) is 15.1. The molecule has 0 aromatic rings. The summed E-state index contributed by atoms with van der Waals surface area (Å²) < 4.78 is 10.6. The minimum Gasteiger partial charge on any atom is -0.481 e. The molecule has 1 aliphatic carbocycles. The van der Waals surface area contributed by atoms with Crippen LogP contribution in [0.25, 0.3) is 0 Å². The minimum atomic E-state index is -1.83. The Morgan fingerprint density at radius 3 is 2.30 bits per heavy atom. The molecular weight excluding hydrogens is 702 g/mol. The van der Waals surface area contributed by atoms with Crippen molar-refractivity contribution in [1.29, 1.82) is 0 Å². The SMILES string of the molecule is CC/C=C/C(OC(N)=O)C(Cl)C(O)CC(=O)C(O)C(O)C(C)/C(Br)=C/C=C/C=C(C)/C=C/C=C/C(=O)OC1CC(C(=O)O)CCC1O. The van der Waals surface area contributed by atoms with Crippen LogP contribution in [0.15, 0.2) is 70.8 Å². The summed E-state index contributed by atoms with van der Waals surface area (Å²) in [7, 11) is 0. The fourth-order valence-corrected chi connectivity index (χ4v) is 5.10. The maximum atomic E-state index is 12.6. The zero-order valence-electron chi connectivity index (χ0n) is 26.5. The molecule has 47 heavy (non-hydrogen) atoms. The van der Waals surface area contributed by atoms with Gasteiger partial charge in [-0.15, -0.1) is 11.6 Å². The number of carboxylic acid groups (broad SMARTS) is 1. The van der Waals surface area contributed by atoms with Crippen molar-refractivity contribution in [3.05, 3.63) is 70.8 Å². The number of carbonyl (C=O) groups excluding carboxylic acids is 3. The fourth-order valence-electron chi connectivity index (χ4n) is 4.46. The zero-order valence-corrected chi connectivity index (χ0v) is 28.9. The molecule has 0 heterocycles. The van der Waals surface area contributed by atoms with E-state index < -0.39 is 84.1 Å². The molecule has 7 N–H and O–H groups in total. The van der Waals surface area contributed by atoms with Crippen molar-refractivity contribution in [3.63, 3.8) is 0 Å². The number of halogens is 2. The molecule has 1 saturated carbocycles. The molecule has 0 bridgehead atoms. The van der Waals surface area contributed by atoms with Crippen molar-refractivity contribution in [2.24, 2.45) is 17.6 Å². The second-order valence-corrected chi connectivity index (χ2v) is 12.5. The van der Waals surface area contributed by atoms with Gasteiger partial charge in [-0.05, 0) is 32.3 Å². The van der Waals surface area contributed by atoms with Crippen molar-refractivity contribution in [3.8, 4) is 0 Å². The first-order chi connectivity index (χ1) is 22.1. The second-order valence-electron chi connectivity index (χ2n) is 11.1. The lowest BCUT2D eigenvalue weighted by atomic mass is 9.85. The highest BCUT2D eigenvalue weighted by molar-refractivity contribution is 9.11. The van der Waals surface area contributed by atoms with Gasteiger partial charge in [0.2, 0.25) is 0 Å². The maximum absolute atomic E-state index is 12.6. The van der Waals surface area contributed by atoms with E-state index in [4.69, 9.17) is 31.9 Å². The molecule has 14 heteroatoms. The van der Waals surface area contributed by atoms with Crippen LogP contribution >= 0.6 is 27.5 Å². The van der Waals surface area contributed by atoms with Gasteiger partial charge in [0.1, 0.15) is 23.7 Å². The molecule has 9 atom stereocenters. The van der Waals surface area contributed by atoms with E-state index in [-0.39, 0.29) is 12.8 Å². The number of hydrogen-bond donors (Lipinski definition) is 6. The third kappa shape index (κ3) is 15.6. The predicted molar refractivity (Wildman–Crippen MR) is 179 cm³/mol. The Morgan fingerprint density at radius 2 is 1.68 bits per heavy atom. The van der Waals surface area contributed by atoms with Crippen LogP contribution in [0.2, 0.25) is 0 Å². The van der Waals surface area contributed by atoms with Crippen LogP contribution in [-0.4, -0.2) is 91.3 Å². The number of aliphatic hydroxyl groups is 4. The highest BCUT2D eigenvalue weighted by Gasteiger charge is 2.36. The van der Waals surface area contributed by atoms with Crippen LogP contribution < -0.4 is 5.73 Å². The third-order valence-electron chi connectivity index (χ3n) is 7.31. The first kappa shape index (κ1) is 42.0. The lowest BCUT2D eigenvalue weighted by Gasteiger charge is -2.30. The largest absolute Gasteiger partial charge is 0.481 e. The molecule has 0 aromatic heterocycles. The summed E-state index contributed by atoms with van der Waals surface area (Å²) in [6.45, 7) is 5.23. The highest BCUT2D eigenvalue weighted by Crippen LogP contribution is 2.27. The molecule has 1 rings (SSSR count). The van der Waals surface area contributed by atoms with E-state index in [0.717, 1.165) is 5.57 Å². The van der Waals surface area contributed by atoms with Crippen molar-refractivity contribution < 1.29 is 54.2 Å². The first-order valence-corrected chi connectivity index (χ1v) is 16.3. The number of aliphatic hydroxyl groups excluding tert-OH is 4. The Bertz CT molecular complexity index is 1240. The van der Waals surface area contributed by atoms with Gasteiger partial charge < -0.3 is 40.7 Å². The number of amides is 1. The Morgan fingerprint density at radius 1 is 1.04 bits per heavy atom. The van der Waals surface area contributed by atoms with Crippen LogP contribution in [0.3, 0.4) is 0 Å². The number of rotatable bonds is 18. The number of hydrogen-bond acceptors (Lipinski definition) is 10. The lowest BCUT2D eigenvalue weighted by Crippen LogP contribution is -2.43. The molecule has 1 aliphatic rings. The van der Waals surface area contributed by atoms with Crippen molar-refractivity contribution in [2.75, 3.05) is 0 Å². The quantitative estimate of drug-likeness (QED) is 0.0391. The van der Waals surface area contributed by atoms with Crippen LogP contribution in [0.5, 0.6) is 0 Å². The number of aliphatic carboxylic acids is 1. The topological polar surface area (TPSA) is 214 Å². The average molecular weight is 747 g/mol. The Kier molecular flexibility index (Phi) is 19.4. The average Bonchev–Trinajstić information content (AvgIpc) is 3.02. The number of allylic oxidation sites excluding steroid dienone is 9. The van der Waals surface area contributed by atoms with Crippen molar-refractivity contribution >= 4 is 51.3 Å². The van der Waals surface area contributed by atoms with Gasteiger partial charge >= 0.3 is 18.0 Å². The molecular formula is C33H45BrClNO11. The second kappa shape index (κ2) is 21.7. The summed E-state index contributed by atoms with van der Waals surface area (Å²) in [6.07, 6.45) is 7.61. The van der Waals surface area contributed by atoms with Crippen LogP contribution in [0.4, 0.5) is 4.79 Å².